The lowest BCUT2D eigenvalue weighted by molar-refractivity contribution is -0.384. The van der Waals surface area contributed by atoms with E-state index < -0.39 is 17.5 Å². The molecule has 0 atom stereocenters. The number of hydrogen-bond acceptors (Lipinski definition) is 6. The largest absolute Gasteiger partial charge is 0.481 e. The second-order valence-electron chi connectivity index (χ2n) is 4.54. The summed E-state index contributed by atoms with van der Waals surface area (Å²) in [4.78, 5) is 20.7. The summed E-state index contributed by atoms with van der Waals surface area (Å²) in [6.45, 7) is -0.460. The Morgan fingerprint density at radius 1 is 1.33 bits per heavy atom. The van der Waals surface area contributed by atoms with E-state index in [1.165, 1.54) is 30.5 Å². The number of non-ortho nitro benzene ring substituents is 1. The summed E-state index contributed by atoms with van der Waals surface area (Å²) in [7, 11) is 0. The van der Waals surface area contributed by atoms with E-state index in [1.54, 1.807) is 18.2 Å². The van der Waals surface area contributed by atoms with E-state index in [0.717, 1.165) is 4.47 Å². The number of benzene rings is 2. The molecule has 8 nitrogen and oxygen atoms in total. The molecule has 0 unspecified atom stereocenters. The number of ether oxygens (including phenoxy) is 1. The summed E-state index contributed by atoms with van der Waals surface area (Å²) in [5, 5.41) is 23.3. The van der Waals surface area contributed by atoms with Crippen molar-refractivity contribution in [1.29, 1.82) is 0 Å². The van der Waals surface area contributed by atoms with Crippen LogP contribution in [0.1, 0.15) is 5.56 Å². The molecule has 24 heavy (non-hydrogen) atoms. The van der Waals surface area contributed by atoms with Crippen LogP contribution in [0.3, 0.4) is 0 Å². The number of nitrogens with zero attached hydrogens (tertiary/aromatic N) is 2. The molecule has 0 saturated carbocycles. The van der Waals surface area contributed by atoms with E-state index >= 15 is 0 Å². The van der Waals surface area contributed by atoms with Crippen molar-refractivity contribution < 1.29 is 19.6 Å². The summed E-state index contributed by atoms with van der Waals surface area (Å²) in [6, 6.07) is 10.8. The van der Waals surface area contributed by atoms with Gasteiger partial charge in [0.15, 0.2) is 6.61 Å². The zero-order valence-electron chi connectivity index (χ0n) is 12.2. The molecule has 0 aliphatic rings. The maximum Gasteiger partial charge on any atom is 0.341 e. The fourth-order valence-corrected chi connectivity index (χ4v) is 2.10. The Labute approximate surface area is 145 Å². The van der Waals surface area contributed by atoms with Gasteiger partial charge in [-0.25, -0.2) is 4.79 Å². The molecule has 2 aromatic rings. The molecule has 0 aromatic heterocycles. The van der Waals surface area contributed by atoms with Gasteiger partial charge in [0.05, 0.1) is 16.8 Å². The minimum Gasteiger partial charge on any atom is -0.481 e. The fourth-order valence-electron chi connectivity index (χ4n) is 1.73. The fraction of sp³-hybridized carbons (Fsp3) is 0.0667. The van der Waals surface area contributed by atoms with E-state index in [2.05, 4.69) is 26.5 Å². The van der Waals surface area contributed by atoms with Crippen LogP contribution in [0.2, 0.25) is 0 Å². The number of anilines is 1. The molecule has 0 radical (unpaired) electrons. The molecular weight excluding hydrogens is 382 g/mol. The average Bonchev–Trinajstić information content (AvgIpc) is 2.54. The number of nitro groups is 1. The number of carboxylic acid groups (broad SMARTS) is 1. The molecule has 0 saturated heterocycles. The van der Waals surface area contributed by atoms with Crippen LogP contribution in [0.4, 0.5) is 11.4 Å². The molecule has 0 aliphatic heterocycles. The zero-order valence-corrected chi connectivity index (χ0v) is 13.8. The van der Waals surface area contributed by atoms with Gasteiger partial charge in [0, 0.05) is 22.2 Å². The Kier molecular flexibility index (Phi) is 5.85. The van der Waals surface area contributed by atoms with E-state index in [9.17, 15) is 14.9 Å². The van der Waals surface area contributed by atoms with Crippen LogP contribution in [0.5, 0.6) is 5.75 Å². The van der Waals surface area contributed by atoms with Crippen LogP contribution in [0.25, 0.3) is 0 Å². The molecule has 0 spiro atoms. The van der Waals surface area contributed by atoms with Crippen LogP contribution in [0.15, 0.2) is 52.0 Å². The van der Waals surface area contributed by atoms with Gasteiger partial charge < -0.3 is 9.84 Å². The normalized spacial score (nSPS) is 10.5. The smallest absolute Gasteiger partial charge is 0.341 e. The predicted molar refractivity (Wildman–Crippen MR) is 91.6 cm³/mol. The number of carboxylic acids is 1. The maximum atomic E-state index is 10.6. The first-order valence-corrected chi connectivity index (χ1v) is 7.42. The molecule has 9 heteroatoms. The summed E-state index contributed by atoms with van der Waals surface area (Å²) in [5.41, 5.74) is 3.86. The number of hydrazone groups is 1. The van der Waals surface area contributed by atoms with Crippen molar-refractivity contribution >= 4 is 39.5 Å². The first-order valence-electron chi connectivity index (χ1n) is 6.63. The highest BCUT2D eigenvalue weighted by Gasteiger charge is 2.06. The number of nitro benzene ring substituents is 1. The maximum absolute atomic E-state index is 10.6. The SMILES string of the molecule is O=C(O)COc1ccc(Br)cc1C=NNc1ccc([N+](=O)[O-])cc1. The number of nitrogens with one attached hydrogen (secondary N) is 1. The minimum atomic E-state index is -1.08. The summed E-state index contributed by atoms with van der Waals surface area (Å²) in [6.07, 6.45) is 1.46. The highest BCUT2D eigenvalue weighted by Crippen LogP contribution is 2.22. The van der Waals surface area contributed by atoms with Gasteiger partial charge in [-0.2, -0.15) is 5.10 Å². The van der Waals surface area contributed by atoms with Crippen LogP contribution < -0.4 is 10.2 Å². The lowest BCUT2D eigenvalue weighted by atomic mass is 10.2. The van der Waals surface area contributed by atoms with E-state index in [1.807, 2.05) is 0 Å². The second kappa shape index (κ2) is 8.06. The van der Waals surface area contributed by atoms with Crippen molar-refractivity contribution in [2.75, 3.05) is 12.0 Å². The third-order valence-corrected chi connectivity index (χ3v) is 3.29. The van der Waals surface area contributed by atoms with Gasteiger partial charge in [0.25, 0.3) is 5.69 Å². The minimum absolute atomic E-state index is 0.0131. The Hall–Kier alpha value is -2.94. The molecule has 124 valence electrons. The standard InChI is InChI=1S/C15H12BrN3O5/c16-11-1-6-14(24-9-15(20)21)10(7-11)8-17-18-12-2-4-13(5-3-12)19(22)23/h1-8,18H,9H2,(H,20,21). The first-order chi connectivity index (χ1) is 11.5. The lowest BCUT2D eigenvalue weighted by Crippen LogP contribution is -2.10. The molecule has 0 aliphatic carbocycles. The molecule has 2 aromatic carbocycles. The van der Waals surface area contributed by atoms with Crippen molar-refractivity contribution in [2.24, 2.45) is 5.10 Å². The quantitative estimate of drug-likeness (QED) is 0.423. The molecule has 0 amide bonds. The van der Waals surface area contributed by atoms with Crippen molar-refractivity contribution in [1.82, 2.24) is 0 Å². The monoisotopic (exact) mass is 393 g/mol. The number of halogens is 1. The Balaban J connectivity index is 2.08. The molecule has 0 bridgehead atoms. The van der Waals surface area contributed by atoms with Gasteiger partial charge in [-0.05, 0) is 30.3 Å². The number of hydrogen-bond donors (Lipinski definition) is 2. The Morgan fingerprint density at radius 2 is 2.04 bits per heavy atom. The van der Waals surface area contributed by atoms with Gasteiger partial charge in [0.1, 0.15) is 5.75 Å². The third kappa shape index (κ3) is 5.06. The Bertz CT molecular complexity index is 777. The summed E-state index contributed by atoms with van der Waals surface area (Å²) < 4.78 is 5.96. The van der Waals surface area contributed by atoms with Crippen molar-refractivity contribution in [3.8, 4) is 5.75 Å². The summed E-state index contributed by atoms with van der Waals surface area (Å²) in [5.74, 6) is -0.709. The van der Waals surface area contributed by atoms with Crippen molar-refractivity contribution in [3.63, 3.8) is 0 Å². The number of rotatable bonds is 7. The van der Waals surface area contributed by atoms with Gasteiger partial charge in [-0.1, -0.05) is 15.9 Å². The topological polar surface area (TPSA) is 114 Å². The Morgan fingerprint density at radius 3 is 2.67 bits per heavy atom. The molecule has 2 rings (SSSR count). The van der Waals surface area contributed by atoms with Gasteiger partial charge >= 0.3 is 5.97 Å². The van der Waals surface area contributed by atoms with E-state index in [4.69, 9.17) is 9.84 Å². The average molecular weight is 394 g/mol. The van der Waals surface area contributed by atoms with Gasteiger partial charge in [0.2, 0.25) is 0 Å². The van der Waals surface area contributed by atoms with Crippen LogP contribution in [0, 0.1) is 10.1 Å². The zero-order chi connectivity index (χ0) is 17.5. The predicted octanol–water partition coefficient (Wildman–Crippen LogP) is 3.27. The highest BCUT2D eigenvalue weighted by molar-refractivity contribution is 9.10. The van der Waals surface area contributed by atoms with Crippen LogP contribution in [-0.4, -0.2) is 28.8 Å². The van der Waals surface area contributed by atoms with Crippen molar-refractivity contribution in [2.45, 2.75) is 0 Å². The summed E-state index contributed by atoms with van der Waals surface area (Å²) >= 11 is 3.32. The van der Waals surface area contributed by atoms with E-state index in [-0.39, 0.29) is 5.69 Å². The lowest BCUT2D eigenvalue weighted by Gasteiger charge is -2.07. The van der Waals surface area contributed by atoms with Crippen LogP contribution in [-0.2, 0) is 4.79 Å². The molecule has 2 N–H and O–H groups in total. The third-order valence-electron chi connectivity index (χ3n) is 2.80. The van der Waals surface area contributed by atoms with E-state index in [0.29, 0.717) is 17.0 Å². The van der Waals surface area contributed by atoms with Crippen molar-refractivity contribution in [3.05, 3.63) is 62.6 Å². The molecule has 0 fully saturated rings. The number of carbonyl (C=O) groups is 1. The van der Waals surface area contributed by atoms with Gasteiger partial charge in [-0.15, -0.1) is 0 Å². The highest BCUT2D eigenvalue weighted by atomic mass is 79.9. The first kappa shape index (κ1) is 17.4. The van der Waals surface area contributed by atoms with Crippen LogP contribution >= 0.6 is 15.9 Å². The molecular formula is C15H12BrN3O5. The van der Waals surface area contributed by atoms with Gasteiger partial charge in [-0.3, -0.25) is 15.5 Å². The second-order valence-corrected chi connectivity index (χ2v) is 5.45. The number of aliphatic carboxylic acids is 1. The molecule has 0 heterocycles.